The number of rotatable bonds is 6. The summed E-state index contributed by atoms with van der Waals surface area (Å²) in [4.78, 5) is 34.5. The molecule has 2 amide bonds. The SMILES string of the molecule is CCC1CCCCN1C(=O)c1cccc(C(=O)N(Cc2ccccc2)C(C)C)n1. The third kappa shape index (κ3) is 5.03. The molecule has 3 rings (SSSR count). The molecule has 0 N–H and O–H groups in total. The molecule has 2 heterocycles. The number of amides is 2. The molecule has 1 unspecified atom stereocenters. The van der Waals surface area contributed by atoms with Crippen LogP contribution >= 0.6 is 0 Å². The second-order valence-corrected chi connectivity index (χ2v) is 7.98. The molecule has 1 aromatic carbocycles. The molecule has 2 aromatic rings. The lowest BCUT2D eigenvalue weighted by Crippen LogP contribution is -2.44. The molecule has 1 aliphatic rings. The van der Waals surface area contributed by atoms with Crippen LogP contribution in [0.4, 0.5) is 0 Å². The fourth-order valence-electron chi connectivity index (χ4n) is 3.93. The highest BCUT2D eigenvalue weighted by atomic mass is 16.2. The lowest BCUT2D eigenvalue weighted by molar-refractivity contribution is 0.0601. The van der Waals surface area contributed by atoms with Crippen LogP contribution in [0.5, 0.6) is 0 Å². The Hall–Kier alpha value is -2.69. The maximum atomic E-state index is 13.2. The largest absolute Gasteiger partial charge is 0.334 e. The molecule has 1 atom stereocenters. The van der Waals surface area contributed by atoms with Gasteiger partial charge in [-0.15, -0.1) is 0 Å². The fraction of sp³-hybridized carbons (Fsp3) is 0.458. The van der Waals surface area contributed by atoms with Gasteiger partial charge in [-0.3, -0.25) is 9.59 Å². The first-order chi connectivity index (χ1) is 14.0. The van der Waals surface area contributed by atoms with Gasteiger partial charge in [0.05, 0.1) is 0 Å². The van der Waals surface area contributed by atoms with Gasteiger partial charge in [-0.25, -0.2) is 4.98 Å². The Morgan fingerprint density at radius 1 is 1.07 bits per heavy atom. The zero-order chi connectivity index (χ0) is 20.8. The summed E-state index contributed by atoms with van der Waals surface area (Å²) in [5, 5.41) is 0. The van der Waals surface area contributed by atoms with Crippen molar-refractivity contribution in [3.8, 4) is 0 Å². The van der Waals surface area contributed by atoms with E-state index < -0.39 is 0 Å². The molecule has 29 heavy (non-hydrogen) atoms. The van der Waals surface area contributed by atoms with Crippen molar-refractivity contribution in [1.29, 1.82) is 0 Å². The highest BCUT2D eigenvalue weighted by Gasteiger charge is 2.28. The highest BCUT2D eigenvalue weighted by Crippen LogP contribution is 2.21. The Balaban J connectivity index is 1.81. The zero-order valence-corrected chi connectivity index (χ0v) is 17.7. The Bertz CT molecular complexity index is 835. The minimum atomic E-state index is -0.149. The fourth-order valence-corrected chi connectivity index (χ4v) is 3.93. The van der Waals surface area contributed by atoms with E-state index in [1.54, 1.807) is 23.1 Å². The average molecular weight is 394 g/mol. The predicted octanol–water partition coefficient (Wildman–Crippen LogP) is 4.54. The molecule has 1 aliphatic heterocycles. The van der Waals surface area contributed by atoms with Gasteiger partial charge < -0.3 is 9.80 Å². The molecule has 1 aromatic heterocycles. The van der Waals surface area contributed by atoms with Crippen LogP contribution in [0.15, 0.2) is 48.5 Å². The normalized spacial score (nSPS) is 16.7. The molecule has 1 fully saturated rings. The third-order valence-corrected chi connectivity index (χ3v) is 5.63. The number of hydrogen-bond acceptors (Lipinski definition) is 3. The van der Waals surface area contributed by atoms with E-state index in [2.05, 4.69) is 11.9 Å². The molecule has 0 radical (unpaired) electrons. The van der Waals surface area contributed by atoms with Gasteiger partial charge >= 0.3 is 0 Å². The van der Waals surface area contributed by atoms with Crippen molar-refractivity contribution >= 4 is 11.8 Å². The molecule has 5 heteroatoms. The molecule has 0 bridgehead atoms. The van der Waals surface area contributed by atoms with E-state index in [4.69, 9.17) is 0 Å². The summed E-state index contributed by atoms with van der Waals surface area (Å²) in [5.74, 6) is -0.213. The van der Waals surface area contributed by atoms with Crippen molar-refractivity contribution in [2.75, 3.05) is 6.54 Å². The highest BCUT2D eigenvalue weighted by molar-refractivity contribution is 5.96. The topological polar surface area (TPSA) is 53.5 Å². The molecule has 0 saturated carbocycles. The maximum absolute atomic E-state index is 13.2. The minimum Gasteiger partial charge on any atom is -0.334 e. The number of likely N-dealkylation sites (tertiary alicyclic amines) is 1. The van der Waals surface area contributed by atoms with Gasteiger partial charge in [-0.05, 0) is 57.2 Å². The van der Waals surface area contributed by atoms with E-state index >= 15 is 0 Å². The van der Waals surface area contributed by atoms with E-state index in [-0.39, 0.29) is 23.9 Å². The number of carbonyl (C=O) groups excluding carboxylic acids is 2. The first-order valence-electron chi connectivity index (χ1n) is 10.6. The third-order valence-electron chi connectivity index (χ3n) is 5.63. The van der Waals surface area contributed by atoms with Gasteiger partial charge in [-0.1, -0.05) is 43.3 Å². The molecule has 0 spiro atoms. The van der Waals surface area contributed by atoms with Crippen LogP contribution in [0.3, 0.4) is 0 Å². The molecular formula is C24H31N3O2. The number of benzene rings is 1. The van der Waals surface area contributed by atoms with Crippen LogP contribution in [0, 0.1) is 0 Å². The van der Waals surface area contributed by atoms with Crippen LogP contribution in [-0.4, -0.2) is 45.2 Å². The molecule has 154 valence electrons. The lowest BCUT2D eigenvalue weighted by Gasteiger charge is -2.35. The predicted molar refractivity (Wildman–Crippen MR) is 115 cm³/mol. The summed E-state index contributed by atoms with van der Waals surface area (Å²) in [7, 11) is 0. The summed E-state index contributed by atoms with van der Waals surface area (Å²) >= 11 is 0. The Morgan fingerprint density at radius 3 is 2.48 bits per heavy atom. The van der Waals surface area contributed by atoms with Crippen LogP contribution in [-0.2, 0) is 6.54 Å². The quantitative estimate of drug-likeness (QED) is 0.724. The van der Waals surface area contributed by atoms with E-state index in [0.29, 0.717) is 17.9 Å². The van der Waals surface area contributed by atoms with Gasteiger partial charge in [-0.2, -0.15) is 0 Å². The Kier molecular flexibility index (Phi) is 7.02. The van der Waals surface area contributed by atoms with Crippen molar-refractivity contribution in [2.45, 2.75) is 65.1 Å². The van der Waals surface area contributed by atoms with Gasteiger partial charge in [0.2, 0.25) is 0 Å². The Morgan fingerprint density at radius 2 is 1.79 bits per heavy atom. The average Bonchev–Trinajstić information content (AvgIpc) is 2.77. The van der Waals surface area contributed by atoms with E-state index in [1.165, 1.54) is 0 Å². The van der Waals surface area contributed by atoms with Gasteiger partial charge in [0, 0.05) is 25.2 Å². The summed E-state index contributed by atoms with van der Waals surface area (Å²) in [6, 6.07) is 15.4. The van der Waals surface area contributed by atoms with Gasteiger partial charge in [0.15, 0.2) is 0 Å². The smallest absolute Gasteiger partial charge is 0.273 e. The van der Waals surface area contributed by atoms with Crippen molar-refractivity contribution in [3.63, 3.8) is 0 Å². The number of hydrogen-bond donors (Lipinski definition) is 0. The first kappa shape index (κ1) is 21.0. The van der Waals surface area contributed by atoms with E-state index in [9.17, 15) is 9.59 Å². The standard InChI is InChI=1S/C24H31N3O2/c1-4-20-13-8-9-16-26(20)23(28)21-14-10-15-22(25-21)24(29)27(18(2)3)17-19-11-6-5-7-12-19/h5-7,10-12,14-15,18,20H,4,8-9,13,16-17H2,1-3H3. The van der Waals surface area contributed by atoms with Crippen molar-refractivity contribution in [1.82, 2.24) is 14.8 Å². The van der Waals surface area contributed by atoms with Crippen molar-refractivity contribution < 1.29 is 9.59 Å². The van der Waals surface area contributed by atoms with Crippen molar-refractivity contribution in [3.05, 3.63) is 65.5 Å². The summed E-state index contributed by atoms with van der Waals surface area (Å²) in [6.07, 6.45) is 4.18. The zero-order valence-electron chi connectivity index (χ0n) is 17.7. The molecule has 0 aliphatic carbocycles. The monoisotopic (exact) mass is 393 g/mol. The number of pyridine rings is 1. The second kappa shape index (κ2) is 9.68. The van der Waals surface area contributed by atoms with Crippen molar-refractivity contribution in [2.24, 2.45) is 0 Å². The maximum Gasteiger partial charge on any atom is 0.273 e. The minimum absolute atomic E-state index is 0.0235. The lowest BCUT2D eigenvalue weighted by atomic mass is 9.99. The van der Waals surface area contributed by atoms with Crippen LogP contribution in [0.2, 0.25) is 0 Å². The number of carbonyl (C=O) groups is 2. The van der Waals surface area contributed by atoms with E-state index in [1.807, 2.05) is 49.1 Å². The van der Waals surface area contributed by atoms with Gasteiger partial charge in [0.1, 0.15) is 11.4 Å². The summed E-state index contributed by atoms with van der Waals surface area (Å²) in [5.41, 5.74) is 1.76. The van der Waals surface area contributed by atoms with Crippen LogP contribution in [0.25, 0.3) is 0 Å². The number of aromatic nitrogens is 1. The van der Waals surface area contributed by atoms with Crippen LogP contribution < -0.4 is 0 Å². The first-order valence-corrected chi connectivity index (χ1v) is 10.6. The second-order valence-electron chi connectivity index (χ2n) is 7.98. The molecule has 1 saturated heterocycles. The molecular weight excluding hydrogens is 362 g/mol. The van der Waals surface area contributed by atoms with Crippen LogP contribution in [0.1, 0.15) is 73.0 Å². The van der Waals surface area contributed by atoms with E-state index in [0.717, 1.165) is 37.8 Å². The van der Waals surface area contributed by atoms with Gasteiger partial charge in [0.25, 0.3) is 11.8 Å². The summed E-state index contributed by atoms with van der Waals surface area (Å²) < 4.78 is 0. The Labute approximate surface area is 173 Å². The summed E-state index contributed by atoms with van der Waals surface area (Å²) in [6.45, 7) is 7.39. The number of nitrogens with zero attached hydrogens (tertiary/aromatic N) is 3. The number of piperidine rings is 1. The molecule has 5 nitrogen and oxygen atoms in total.